The number of hydrogen-bond acceptors (Lipinski definition) is 2. The van der Waals surface area contributed by atoms with Gasteiger partial charge in [-0.15, -0.1) is 0 Å². The summed E-state index contributed by atoms with van der Waals surface area (Å²) >= 11 is 11.7. The third kappa shape index (κ3) is 2.94. The Labute approximate surface area is 99.1 Å². The number of carbonyl (C=O) groups is 1. The highest BCUT2D eigenvalue weighted by Gasteiger charge is 2.18. The second-order valence-corrected chi connectivity index (χ2v) is 3.85. The third-order valence-electron chi connectivity index (χ3n) is 2.00. The second-order valence-electron chi connectivity index (χ2n) is 3.06. The Balaban J connectivity index is 2.96. The highest BCUT2D eigenvalue weighted by Crippen LogP contribution is 2.26. The highest BCUT2D eigenvalue weighted by molar-refractivity contribution is 6.44. The zero-order chi connectivity index (χ0) is 11.4. The number of ether oxygens (including phenoxy) is 1. The summed E-state index contributed by atoms with van der Waals surface area (Å²) < 4.78 is 5.20. The molecule has 82 valence electrons. The van der Waals surface area contributed by atoms with Crippen molar-refractivity contribution < 1.29 is 9.53 Å². The van der Waals surface area contributed by atoms with Crippen molar-refractivity contribution in [2.45, 2.75) is 20.0 Å². The number of halogens is 2. The average Bonchev–Trinajstić information content (AvgIpc) is 2.21. The molecule has 0 spiro atoms. The van der Waals surface area contributed by atoms with Gasteiger partial charge in [-0.25, -0.2) is 0 Å². The van der Waals surface area contributed by atoms with Gasteiger partial charge in [0.25, 0.3) is 0 Å². The van der Waals surface area contributed by atoms with Crippen LogP contribution in [0.1, 0.15) is 24.2 Å². The first-order valence-electron chi connectivity index (χ1n) is 4.67. The zero-order valence-corrected chi connectivity index (χ0v) is 10.1. The first-order valence-corrected chi connectivity index (χ1v) is 5.43. The monoisotopic (exact) mass is 246 g/mol. The standard InChI is InChI=1S/C11H12Cl2O2/c1-3-15-7(2)11(14)8-5-4-6-9(12)10(8)13/h4-7H,3H2,1-2H3. The van der Waals surface area contributed by atoms with E-state index in [2.05, 4.69) is 0 Å². The van der Waals surface area contributed by atoms with E-state index in [1.807, 2.05) is 6.92 Å². The van der Waals surface area contributed by atoms with Crippen LogP contribution in [0.25, 0.3) is 0 Å². The smallest absolute Gasteiger partial charge is 0.192 e. The van der Waals surface area contributed by atoms with Crippen LogP contribution >= 0.6 is 23.2 Å². The van der Waals surface area contributed by atoms with E-state index in [1.165, 1.54) is 0 Å². The van der Waals surface area contributed by atoms with E-state index >= 15 is 0 Å². The van der Waals surface area contributed by atoms with Gasteiger partial charge < -0.3 is 4.74 Å². The third-order valence-corrected chi connectivity index (χ3v) is 2.82. The number of rotatable bonds is 4. The summed E-state index contributed by atoms with van der Waals surface area (Å²) in [4.78, 5) is 11.8. The van der Waals surface area contributed by atoms with Crippen molar-refractivity contribution in [3.63, 3.8) is 0 Å². The fraction of sp³-hybridized carbons (Fsp3) is 0.364. The maximum atomic E-state index is 11.8. The number of hydrogen-bond donors (Lipinski definition) is 0. The summed E-state index contributed by atoms with van der Waals surface area (Å²) in [6.07, 6.45) is -0.494. The van der Waals surface area contributed by atoms with Crippen LogP contribution in [0.5, 0.6) is 0 Å². The number of ketones is 1. The Morgan fingerprint density at radius 3 is 2.73 bits per heavy atom. The van der Waals surface area contributed by atoms with Crippen LogP contribution in [0.3, 0.4) is 0 Å². The van der Waals surface area contributed by atoms with Gasteiger partial charge >= 0.3 is 0 Å². The predicted molar refractivity (Wildman–Crippen MR) is 61.9 cm³/mol. The van der Waals surface area contributed by atoms with Crippen molar-refractivity contribution >= 4 is 29.0 Å². The summed E-state index contributed by atoms with van der Waals surface area (Å²) in [6, 6.07) is 4.98. The van der Waals surface area contributed by atoms with Crippen LogP contribution in [0, 0.1) is 0 Å². The SMILES string of the molecule is CCOC(C)C(=O)c1cccc(Cl)c1Cl. The molecule has 1 aromatic carbocycles. The molecular formula is C11H12Cl2O2. The summed E-state index contributed by atoms with van der Waals surface area (Å²) in [5, 5.41) is 0.668. The molecule has 4 heteroatoms. The van der Waals surface area contributed by atoms with Gasteiger partial charge in [0, 0.05) is 12.2 Å². The van der Waals surface area contributed by atoms with E-state index in [0.717, 1.165) is 0 Å². The molecule has 0 aromatic heterocycles. The average molecular weight is 247 g/mol. The highest BCUT2D eigenvalue weighted by atomic mass is 35.5. The molecule has 1 rings (SSSR count). The van der Waals surface area contributed by atoms with Gasteiger partial charge in [-0.2, -0.15) is 0 Å². The Hall–Kier alpha value is -0.570. The normalized spacial score (nSPS) is 12.5. The minimum atomic E-state index is -0.494. The number of carbonyl (C=O) groups excluding carboxylic acids is 1. The lowest BCUT2D eigenvalue weighted by Crippen LogP contribution is -2.21. The maximum absolute atomic E-state index is 11.8. The summed E-state index contributed by atoms with van der Waals surface area (Å²) in [6.45, 7) is 4.03. The first kappa shape index (κ1) is 12.5. The fourth-order valence-electron chi connectivity index (χ4n) is 1.24. The van der Waals surface area contributed by atoms with Gasteiger partial charge in [-0.05, 0) is 26.0 Å². The summed E-state index contributed by atoms with van der Waals surface area (Å²) in [5.74, 6) is -0.149. The van der Waals surface area contributed by atoms with Crippen molar-refractivity contribution in [2.75, 3.05) is 6.61 Å². The topological polar surface area (TPSA) is 26.3 Å². The first-order chi connectivity index (χ1) is 7.07. The van der Waals surface area contributed by atoms with Gasteiger partial charge in [-0.3, -0.25) is 4.79 Å². The molecule has 0 N–H and O–H groups in total. The van der Waals surface area contributed by atoms with Gasteiger partial charge in [0.1, 0.15) is 6.10 Å². The minimum absolute atomic E-state index is 0.149. The molecule has 0 saturated heterocycles. The lowest BCUT2D eigenvalue weighted by atomic mass is 10.1. The van der Waals surface area contributed by atoms with E-state index in [4.69, 9.17) is 27.9 Å². The molecule has 0 aliphatic heterocycles. The molecule has 15 heavy (non-hydrogen) atoms. The number of Topliss-reactive ketones (excluding diaryl/α,β-unsaturated/α-hetero) is 1. The molecule has 1 aromatic rings. The molecule has 1 unspecified atom stereocenters. The summed E-state index contributed by atoms with van der Waals surface area (Å²) in [5.41, 5.74) is 0.408. The van der Waals surface area contributed by atoms with Crippen LogP contribution in [0.2, 0.25) is 10.0 Å². The van der Waals surface area contributed by atoms with Crippen LogP contribution in [-0.2, 0) is 4.74 Å². The van der Waals surface area contributed by atoms with Crippen molar-refractivity contribution in [2.24, 2.45) is 0 Å². The maximum Gasteiger partial charge on any atom is 0.192 e. The van der Waals surface area contributed by atoms with Crippen LogP contribution in [0.15, 0.2) is 18.2 Å². The van der Waals surface area contributed by atoms with Crippen LogP contribution in [-0.4, -0.2) is 18.5 Å². The Morgan fingerprint density at radius 1 is 1.47 bits per heavy atom. The molecule has 2 nitrogen and oxygen atoms in total. The number of benzene rings is 1. The molecule has 0 aliphatic rings. The van der Waals surface area contributed by atoms with Crippen molar-refractivity contribution in [1.82, 2.24) is 0 Å². The van der Waals surface area contributed by atoms with Gasteiger partial charge in [0.2, 0.25) is 0 Å². The minimum Gasteiger partial charge on any atom is -0.371 e. The van der Waals surface area contributed by atoms with Gasteiger partial charge in [-0.1, -0.05) is 29.3 Å². The zero-order valence-electron chi connectivity index (χ0n) is 8.59. The van der Waals surface area contributed by atoms with Crippen molar-refractivity contribution in [1.29, 1.82) is 0 Å². The molecule has 0 radical (unpaired) electrons. The lowest BCUT2D eigenvalue weighted by molar-refractivity contribution is 0.0521. The Kier molecular flexibility index (Phi) is 4.58. The molecule has 1 atom stereocenters. The molecular weight excluding hydrogens is 235 g/mol. The Morgan fingerprint density at radius 2 is 2.13 bits per heavy atom. The van der Waals surface area contributed by atoms with E-state index < -0.39 is 6.10 Å². The van der Waals surface area contributed by atoms with Crippen molar-refractivity contribution in [3.8, 4) is 0 Å². The van der Waals surface area contributed by atoms with Crippen LogP contribution in [0.4, 0.5) is 0 Å². The van der Waals surface area contributed by atoms with Gasteiger partial charge in [0.15, 0.2) is 5.78 Å². The predicted octanol–water partition coefficient (Wildman–Crippen LogP) is 3.60. The fourth-order valence-corrected chi connectivity index (χ4v) is 1.63. The van der Waals surface area contributed by atoms with E-state index in [9.17, 15) is 4.79 Å². The van der Waals surface area contributed by atoms with Crippen molar-refractivity contribution in [3.05, 3.63) is 33.8 Å². The second kappa shape index (κ2) is 5.50. The quantitative estimate of drug-likeness (QED) is 0.760. The molecule has 0 amide bonds. The molecule has 0 saturated carbocycles. The summed E-state index contributed by atoms with van der Waals surface area (Å²) in [7, 11) is 0. The van der Waals surface area contributed by atoms with Crippen LogP contribution < -0.4 is 0 Å². The molecule has 0 bridgehead atoms. The van der Waals surface area contributed by atoms with E-state index in [0.29, 0.717) is 17.2 Å². The Bertz CT molecular complexity index is 364. The lowest BCUT2D eigenvalue weighted by Gasteiger charge is -2.11. The molecule has 0 fully saturated rings. The molecule has 0 heterocycles. The van der Waals surface area contributed by atoms with Gasteiger partial charge in [0.05, 0.1) is 10.0 Å². The largest absolute Gasteiger partial charge is 0.371 e. The van der Waals surface area contributed by atoms with E-state index in [1.54, 1.807) is 25.1 Å². The van der Waals surface area contributed by atoms with E-state index in [-0.39, 0.29) is 10.8 Å². The molecule has 0 aliphatic carbocycles.